The van der Waals surface area contributed by atoms with Crippen LogP contribution in [-0.2, 0) is 10.1 Å². The smallest absolute Gasteiger partial charge is 0.298 e. The van der Waals surface area contributed by atoms with Crippen LogP contribution in [0.5, 0.6) is 5.75 Å². The lowest BCUT2D eigenvalue weighted by Crippen LogP contribution is -2.06. The number of hydrogen-bond donors (Lipinski definition) is 2. The first-order valence-corrected chi connectivity index (χ1v) is 7.10. The summed E-state index contributed by atoms with van der Waals surface area (Å²) >= 11 is 0. The van der Waals surface area contributed by atoms with Crippen molar-refractivity contribution in [2.45, 2.75) is 11.8 Å². The molecule has 0 aliphatic heterocycles. The van der Waals surface area contributed by atoms with Crippen molar-refractivity contribution in [3.05, 3.63) is 48.0 Å². The van der Waals surface area contributed by atoms with Gasteiger partial charge in [-0.1, -0.05) is 30.8 Å². The Labute approximate surface area is 115 Å². The van der Waals surface area contributed by atoms with Crippen LogP contribution in [0.3, 0.4) is 0 Å². The molecule has 0 saturated heterocycles. The van der Waals surface area contributed by atoms with Gasteiger partial charge in [-0.15, -0.1) is 0 Å². The molecule has 0 saturated carbocycles. The standard InChI is InChI=1S/C14H12O5S/c1-8(2)12(15)11-7-9-5-3-4-6-10(9)14(13(11)16)20(17,18)19/h3-7,16H,1H2,2H3,(H,17,18,19). The van der Waals surface area contributed by atoms with E-state index >= 15 is 0 Å². The lowest BCUT2D eigenvalue weighted by Gasteiger charge is -2.11. The quantitative estimate of drug-likeness (QED) is 0.515. The minimum Gasteiger partial charge on any atom is -0.506 e. The van der Waals surface area contributed by atoms with E-state index in [1.54, 1.807) is 18.2 Å². The molecule has 2 aromatic carbocycles. The van der Waals surface area contributed by atoms with Gasteiger partial charge in [0, 0.05) is 5.39 Å². The van der Waals surface area contributed by atoms with Gasteiger partial charge >= 0.3 is 0 Å². The minimum absolute atomic E-state index is 0.144. The maximum atomic E-state index is 12.0. The Hall–Kier alpha value is -2.18. The fourth-order valence-corrected chi connectivity index (χ4v) is 2.79. The van der Waals surface area contributed by atoms with E-state index in [0.717, 1.165) is 0 Å². The van der Waals surface area contributed by atoms with E-state index in [1.165, 1.54) is 19.1 Å². The Kier molecular flexibility index (Phi) is 3.37. The Morgan fingerprint density at radius 2 is 1.85 bits per heavy atom. The van der Waals surface area contributed by atoms with Gasteiger partial charge in [-0.25, -0.2) is 0 Å². The number of fused-ring (bicyclic) bond motifs is 1. The second-order valence-corrected chi connectivity index (χ2v) is 5.77. The van der Waals surface area contributed by atoms with Crippen molar-refractivity contribution < 1.29 is 22.9 Å². The van der Waals surface area contributed by atoms with Gasteiger partial charge in [0.15, 0.2) is 5.78 Å². The first kappa shape index (κ1) is 14.2. The topological polar surface area (TPSA) is 91.7 Å². The van der Waals surface area contributed by atoms with E-state index in [-0.39, 0.29) is 16.5 Å². The summed E-state index contributed by atoms with van der Waals surface area (Å²) in [7, 11) is -4.67. The van der Waals surface area contributed by atoms with Gasteiger partial charge in [0.2, 0.25) is 0 Å². The Bertz CT molecular complexity index is 834. The molecule has 0 spiro atoms. The van der Waals surface area contributed by atoms with E-state index in [9.17, 15) is 22.9 Å². The van der Waals surface area contributed by atoms with Crippen molar-refractivity contribution >= 4 is 26.7 Å². The molecule has 0 radical (unpaired) electrons. The van der Waals surface area contributed by atoms with Crippen molar-refractivity contribution in [3.8, 4) is 5.75 Å². The van der Waals surface area contributed by atoms with Crippen molar-refractivity contribution in [2.24, 2.45) is 0 Å². The van der Waals surface area contributed by atoms with Gasteiger partial charge in [0.05, 0.1) is 5.56 Å². The van der Waals surface area contributed by atoms with Crippen LogP contribution < -0.4 is 0 Å². The van der Waals surface area contributed by atoms with Gasteiger partial charge in [0.25, 0.3) is 10.1 Å². The van der Waals surface area contributed by atoms with Crippen LogP contribution in [0.4, 0.5) is 0 Å². The minimum atomic E-state index is -4.67. The van der Waals surface area contributed by atoms with Crippen LogP contribution >= 0.6 is 0 Å². The zero-order valence-electron chi connectivity index (χ0n) is 10.6. The first-order chi connectivity index (χ1) is 9.23. The van der Waals surface area contributed by atoms with Gasteiger partial charge in [-0.2, -0.15) is 8.42 Å². The summed E-state index contributed by atoms with van der Waals surface area (Å²) in [6.07, 6.45) is 0. The van der Waals surface area contributed by atoms with Crippen LogP contribution in [-0.4, -0.2) is 23.9 Å². The molecule has 2 rings (SSSR count). The van der Waals surface area contributed by atoms with Crippen LogP contribution in [0.1, 0.15) is 17.3 Å². The Morgan fingerprint density at radius 3 is 2.40 bits per heavy atom. The molecule has 20 heavy (non-hydrogen) atoms. The molecule has 0 aliphatic rings. The molecule has 2 aromatic rings. The molecule has 0 atom stereocenters. The zero-order chi connectivity index (χ0) is 15.1. The van der Waals surface area contributed by atoms with Crippen LogP contribution in [0, 0.1) is 0 Å². The molecular weight excluding hydrogens is 280 g/mol. The molecule has 0 fully saturated rings. The maximum absolute atomic E-state index is 12.0. The number of phenols is 1. The monoisotopic (exact) mass is 292 g/mol. The van der Waals surface area contributed by atoms with Gasteiger partial charge in [0.1, 0.15) is 10.6 Å². The van der Waals surface area contributed by atoms with Crippen LogP contribution in [0.25, 0.3) is 10.8 Å². The molecular formula is C14H12O5S. The summed E-state index contributed by atoms with van der Waals surface area (Å²) < 4.78 is 32.2. The molecule has 6 heteroatoms. The van der Waals surface area contributed by atoms with Crippen molar-refractivity contribution in [3.63, 3.8) is 0 Å². The number of benzene rings is 2. The van der Waals surface area contributed by atoms with E-state index in [4.69, 9.17) is 0 Å². The molecule has 0 heterocycles. The molecule has 0 bridgehead atoms. The highest BCUT2D eigenvalue weighted by atomic mass is 32.2. The maximum Gasteiger partial charge on any atom is 0.298 e. The third-order valence-corrected chi connectivity index (χ3v) is 3.79. The molecule has 0 amide bonds. The van der Waals surface area contributed by atoms with E-state index in [2.05, 4.69) is 6.58 Å². The summed E-state index contributed by atoms with van der Waals surface area (Å²) in [5.74, 6) is -1.35. The normalized spacial score (nSPS) is 11.5. The average Bonchev–Trinajstić information content (AvgIpc) is 2.35. The van der Waals surface area contributed by atoms with Gasteiger partial charge < -0.3 is 5.11 Å². The average molecular weight is 292 g/mol. The van der Waals surface area contributed by atoms with Gasteiger partial charge in [-0.05, 0) is 23.9 Å². The predicted octanol–water partition coefficient (Wildman–Crippen LogP) is 2.55. The largest absolute Gasteiger partial charge is 0.506 e. The summed E-state index contributed by atoms with van der Waals surface area (Å²) in [5.41, 5.74) is -0.0549. The number of rotatable bonds is 3. The molecule has 5 nitrogen and oxygen atoms in total. The van der Waals surface area contributed by atoms with E-state index in [1.807, 2.05) is 0 Å². The third kappa shape index (κ3) is 2.31. The first-order valence-electron chi connectivity index (χ1n) is 5.66. The highest BCUT2D eigenvalue weighted by Gasteiger charge is 2.25. The van der Waals surface area contributed by atoms with Crippen molar-refractivity contribution in [1.82, 2.24) is 0 Å². The Morgan fingerprint density at radius 1 is 1.25 bits per heavy atom. The second kappa shape index (κ2) is 4.73. The van der Waals surface area contributed by atoms with Crippen molar-refractivity contribution in [1.29, 1.82) is 0 Å². The molecule has 0 aromatic heterocycles. The summed E-state index contributed by atoms with van der Waals surface area (Å²) in [4.78, 5) is 11.3. The third-order valence-electron chi connectivity index (χ3n) is 2.87. The zero-order valence-corrected chi connectivity index (χ0v) is 11.4. The highest BCUT2D eigenvalue weighted by molar-refractivity contribution is 7.86. The lowest BCUT2D eigenvalue weighted by atomic mass is 10.00. The Balaban J connectivity index is 2.98. The molecule has 0 aliphatic carbocycles. The second-order valence-electron chi connectivity index (χ2n) is 4.41. The number of Topliss-reactive ketones (excluding diaryl/α,β-unsaturated/α-hetero) is 1. The molecule has 2 N–H and O–H groups in total. The van der Waals surface area contributed by atoms with Crippen molar-refractivity contribution in [2.75, 3.05) is 0 Å². The fraction of sp³-hybridized carbons (Fsp3) is 0.0714. The number of carbonyl (C=O) groups excluding carboxylic acids is 1. The molecule has 0 unspecified atom stereocenters. The highest BCUT2D eigenvalue weighted by Crippen LogP contribution is 2.35. The summed E-state index contributed by atoms with van der Waals surface area (Å²) in [6, 6.07) is 7.61. The lowest BCUT2D eigenvalue weighted by molar-refractivity contribution is 0.103. The van der Waals surface area contributed by atoms with Gasteiger partial charge in [-0.3, -0.25) is 9.35 Å². The number of allylic oxidation sites excluding steroid dienone is 1. The van der Waals surface area contributed by atoms with Crippen LogP contribution in [0.15, 0.2) is 47.4 Å². The number of hydrogen-bond acceptors (Lipinski definition) is 4. The fourth-order valence-electron chi connectivity index (χ4n) is 1.97. The van der Waals surface area contributed by atoms with Crippen LogP contribution in [0.2, 0.25) is 0 Å². The number of ketones is 1. The van der Waals surface area contributed by atoms with E-state index < -0.39 is 26.5 Å². The summed E-state index contributed by atoms with van der Waals surface area (Å²) in [6.45, 7) is 4.92. The number of aromatic hydroxyl groups is 1. The number of phenolic OH excluding ortho intramolecular Hbond substituents is 1. The number of carbonyl (C=O) groups is 1. The molecule has 104 valence electrons. The van der Waals surface area contributed by atoms with E-state index in [0.29, 0.717) is 5.39 Å². The SMILES string of the molecule is C=C(C)C(=O)c1cc2ccccc2c(S(=O)(=O)O)c1O. The predicted molar refractivity (Wildman–Crippen MR) is 74.6 cm³/mol. The summed E-state index contributed by atoms with van der Waals surface area (Å²) in [5, 5.41) is 10.6.